The zero-order valence-electron chi connectivity index (χ0n) is 11.6. The van der Waals surface area contributed by atoms with E-state index in [4.69, 9.17) is 0 Å². The van der Waals surface area contributed by atoms with Crippen LogP contribution in [0.1, 0.15) is 20.3 Å². The van der Waals surface area contributed by atoms with Gasteiger partial charge in [0, 0.05) is 32.7 Å². The lowest BCUT2D eigenvalue weighted by Gasteiger charge is -2.30. The van der Waals surface area contributed by atoms with Crippen LogP contribution < -0.4 is 5.32 Å². The van der Waals surface area contributed by atoms with Gasteiger partial charge in [-0.3, -0.25) is 0 Å². The fraction of sp³-hybridized carbons (Fsp3) is 1.00. The molecule has 2 aliphatic rings. The lowest BCUT2D eigenvalue weighted by Crippen LogP contribution is -2.47. The van der Waals surface area contributed by atoms with E-state index in [1.54, 1.807) is 4.31 Å². The summed E-state index contributed by atoms with van der Waals surface area (Å²) in [6.45, 7) is 8.30. The predicted octanol–water partition coefficient (Wildman–Crippen LogP) is -0.0483. The minimum absolute atomic E-state index is 0.485. The van der Waals surface area contributed by atoms with E-state index < -0.39 is 14.8 Å². The summed E-state index contributed by atoms with van der Waals surface area (Å²) in [5.41, 5.74) is 0. The van der Waals surface area contributed by atoms with Gasteiger partial charge in [-0.1, -0.05) is 0 Å². The highest BCUT2D eigenvalue weighted by atomic mass is 32.2. The molecule has 1 N–H and O–H groups in total. The molecule has 0 amide bonds. The molecule has 2 rings (SSSR count). The van der Waals surface area contributed by atoms with E-state index in [1.807, 2.05) is 13.8 Å². The Morgan fingerprint density at radius 2 is 2.06 bits per heavy atom. The summed E-state index contributed by atoms with van der Waals surface area (Å²) in [4.78, 5) is 2.28. The molecule has 2 heterocycles. The van der Waals surface area contributed by atoms with Gasteiger partial charge in [0.1, 0.15) is 0 Å². The summed E-state index contributed by atoms with van der Waals surface area (Å²) < 4.78 is 26.2. The van der Waals surface area contributed by atoms with Crippen LogP contribution in [-0.4, -0.2) is 68.7 Å². The molecule has 0 aliphatic carbocycles. The first-order valence-electron chi connectivity index (χ1n) is 6.72. The third-order valence-electron chi connectivity index (χ3n) is 4.08. The molecule has 0 aromatic heterocycles. The van der Waals surface area contributed by atoms with Crippen LogP contribution in [0.5, 0.6) is 0 Å². The molecule has 0 radical (unpaired) electrons. The minimum atomic E-state index is -3.19. The maximum absolute atomic E-state index is 12.6. The summed E-state index contributed by atoms with van der Waals surface area (Å²) in [5.74, 6) is 0.485. The Kier molecular flexibility index (Phi) is 4.02. The SMILES string of the molecule is CN1CCC(CN2CCNCC(C)(C)S2(=O)=O)C1. The number of likely N-dealkylation sites (tertiary alicyclic amines) is 1. The van der Waals surface area contributed by atoms with Gasteiger partial charge in [-0.15, -0.1) is 0 Å². The molecule has 0 aromatic rings. The molecule has 2 fully saturated rings. The molecule has 0 aromatic carbocycles. The fourth-order valence-electron chi connectivity index (χ4n) is 2.81. The quantitative estimate of drug-likeness (QED) is 0.768. The highest BCUT2D eigenvalue weighted by molar-refractivity contribution is 7.90. The van der Waals surface area contributed by atoms with Crippen LogP contribution in [0.3, 0.4) is 0 Å². The number of rotatable bonds is 2. The Labute approximate surface area is 111 Å². The van der Waals surface area contributed by atoms with Crippen molar-refractivity contribution in [3.8, 4) is 0 Å². The molecule has 106 valence electrons. The Balaban J connectivity index is 2.10. The molecule has 5 nitrogen and oxygen atoms in total. The second-order valence-corrected chi connectivity index (χ2v) is 8.79. The number of sulfonamides is 1. The minimum Gasteiger partial charge on any atom is -0.314 e. The van der Waals surface area contributed by atoms with E-state index in [2.05, 4.69) is 17.3 Å². The van der Waals surface area contributed by atoms with Gasteiger partial charge >= 0.3 is 0 Å². The van der Waals surface area contributed by atoms with Crippen LogP contribution in [0.15, 0.2) is 0 Å². The Morgan fingerprint density at radius 1 is 1.33 bits per heavy atom. The lowest BCUT2D eigenvalue weighted by molar-refractivity contribution is 0.331. The van der Waals surface area contributed by atoms with Crippen LogP contribution >= 0.6 is 0 Å². The molecule has 1 atom stereocenters. The summed E-state index contributed by atoms with van der Waals surface area (Å²) in [6, 6.07) is 0. The summed E-state index contributed by atoms with van der Waals surface area (Å²) >= 11 is 0. The average Bonchev–Trinajstić information content (AvgIpc) is 2.64. The van der Waals surface area contributed by atoms with Crippen molar-refractivity contribution in [1.82, 2.24) is 14.5 Å². The van der Waals surface area contributed by atoms with Gasteiger partial charge in [-0.25, -0.2) is 8.42 Å². The largest absolute Gasteiger partial charge is 0.314 e. The van der Waals surface area contributed by atoms with Gasteiger partial charge in [-0.05, 0) is 39.8 Å². The Morgan fingerprint density at radius 3 is 2.67 bits per heavy atom. The van der Waals surface area contributed by atoms with Gasteiger partial charge in [0.15, 0.2) is 0 Å². The van der Waals surface area contributed by atoms with Crippen molar-refractivity contribution < 1.29 is 8.42 Å². The van der Waals surface area contributed by atoms with E-state index in [9.17, 15) is 8.42 Å². The second-order valence-electron chi connectivity index (χ2n) is 6.22. The van der Waals surface area contributed by atoms with Gasteiger partial charge < -0.3 is 10.2 Å². The summed E-state index contributed by atoms with van der Waals surface area (Å²) in [6.07, 6.45) is 1.11. The van der Waals surface area contributed by atoms with Crippen LogP contribution in [0, 0.1) is 5.92 Å². The predicted molar refractivity (Wildman–Crippen MR) is 73.0 cm³/mol. The molecule has 1 unspecified atom stereocenters. The van der Waals surface area contributed by atoms with Crippen molar-refractivity contribution in [2.75, 3.05) is 46.3 Å². The molecule has 0 spiro atoms. The molecule has 2 saturated heterocycles. The van der Waals surface area contributed by atoms with Crippen molar-refractivity contribution in [1.29, 1.82) is 0 Å². The normalized spacial score (nSPS) is 33.4. The topological polar surface area (TPSA) is 52.6 Å². The average molecular weight is 275 g/mol. The molecule has 0 saturated carbocycles. The van der Waals surface area contributed by atoms with Crippen molar-refractivity contribution >= 4 is 10.0 Å². The van der Waals surface area contributed by atoms with Crippen LogP contribution in [0.2, 0.25) is 0 Å². The van der Waals surface area contributed by atoms with Gasteiger partial charge in [0.2, 0.25) is 10.0 Å². The van der Waals surface area contributed by atoms with Crippen LogP contribution in [-0.2, 0) is 10.0 Å². The van der Waals surface area contributed by atoms with Gasteiger partial charge in [-0.2, -0.15) is 4.31 Å². The smallest absolute Gasteiger partial charge is 0.220 e. The zero-order chi connectivity index (χ0) is 13.4. The summed E-state index contributed by atoms with van der Waals surface area (Å²) in [7, 11) is -1.09. The highest BCUT2D eigenvalue weighted by Gasteiger charge is 2.41. The number of nitrogens with zero attached hydrogens (tertiary/aromatic N) is 2. The first kappa shape index (κ1) is 14.2. The number of hydrogen-bond donors (Lipinski definition) is 1. The Hall–Kier alpha value is -0.170. The number of nitrogens with one attached hydrogen (secondary N) is 1. The van der Waals surface area contributed by atoms with E-state index >= 15 is 0 Å². The van der Waals surface area contributed by atoms with Crippen molar-refractivity contribution in [3.05, 3.63) is 0 Å². The van der Waals surface area contributed by atoms with Crippen molar-refractivity contribution in [2.24, 2.45) is 5.92 Å². The maximum atomic E-state index is 12.6. The monoisotopic (exact) mass is 275 g/mol. The second kappa shape index (κ2) is 5.07. The molecular weight excluding hydrogens is 250 g/mol. The fourth-order valence-corrected chi connectivity index (χ4v) is 4.53. The Bertz CT molecular complexity index is 394. The maximum Gasteiger partial charge on any atom is 0.220 e. The highest BCUT2D eigenvalue weighted by Crippen LogP contribution is 2.25. The third kappa shape index (κ3) is 2.71. The zero-order valence-corrected chi connectivity index (χ0v) is 12.5. The molecule has 6 heteroatoms. The van der Waals surface area contributed by atoms with Crippen LogP contribution in [0.25, 0.3) is 0 Å². The van der Waals surface area contributed by atoms with Crippen LogP contribution in [0.4, 0.5) is 0 Å². The van der Waals surface area contributed by atoms with Gasteiger partial charge in [0.05, 0.1) is 4.75 Å². The molecule has 0 bridgehead atoms. The summed E-state index contributed by atoms with van der Waals surface area (Å²) in [5, 5.41) is 3.23. The first-order chi connectivity index (χ1) is 8.33. The van der Waals surface area contributed by atoms with E-state index in [0.29, 0.717) is 25.6 Å². The lowest BCUT2D eigenvalue weighted by atomic mass is 10.1. The van der Waals surface area contributed by atoms with Gasteiger partial charge in [0.25, 0.3) is 0 Å². The van der Waals surface area contributed by atoms with E-state index in [1.165, 1.54) is 0 Å². The molecule has 18 heavy (non-hydrogen) atoms. The third-order valence-corrected chi connectivity index (χ3v) is 6.63. The van der Waals surface area contributed by atoms with E-state index in [-0.39, 0.29) is 0 Å². The number of hydrogen-bond acceptors (Lipinski definition) is 4. The molecular formula is C12H25N3O2S. The van der Waals surface area contributed by atoms with Crippen molar-refractivity contribution in [3.63, 3.8) is 0 Å². The first-order valence-corrected chi connectivity index (χ1v) is 8.16. The van der Waals surface area contributed by atoms with Crippen molar-refractivity contribution in [2.45, 2.75) is 25.0 Å². The molecule has 2 aliphatic heterocycles. The standard InChI is InChI=1S/C12H25N3O2S/c1-12(2)10-13-5-7-15(18(12,16)17)9-11-4-6-14(3)8-11/h11,13H,4-10H2,1-3H3. The van der Waals surface area contributed by atoms with E-state index in [0.717, 1.165) is 26.1 Å².